The van der Waals surface area contributed by atoms with Crippen molar-refractivity contribution in [2.24, 2.45) is 5.73 Å². The Kier molecular flexibility index (Phi) is 3.58. The van der Waals surface area contributed by atoms with Crippen molar-refractivity contribution in [3.05, 3.63) is 84.2 Å². The first-order chi connectivity index (χ1) is 8.66. The van der Waals surface area contributed by atoms with Crippen LogP contribution in [0.2, 0.25) is 0 Å². The zero-order valence-corrected chi connectivity index (χ0v) is 10.1. The molecule has 0 saturated heterocycles. The van der Waals surface area contributed by atoms with Gasteiger partial charge in [-0.15, -0.1) is 6.58 Å². The summed E-state index contributed by atoms with van der Waals surface area (Å²) in [6.45, 7) is 3.76. The maximum Gasteiger partial charge on any atom is 0.123 e. The van der Waals surface area contributed by atoms with Gasteiger partial charge in [0.05, 0.1) is 5.54 Å². The van der Waals surface area contributed by atoms with Gasteiger partial charge in [0.25, 0.3) is 0 Å². The molecule has 0 aliphatic carbocycles. The predicted molar refractivity (Wildman–Crippen MR) is 72.6 cm³/mol. The van der Waals surface area contributed by atoms with Crippen molar-refractivity contribution in [3.8, 4) is 0 Å². The minimum absolute atomic E-state index is 0.257. The van der Waals surface area contributed by atoms with Crippen molar-refractivity contribution in [2.75, 3.05) is 0 Å². The minimum Gasteiger partial charge on any atom is -0.317 e. The molecule has 0 aromatic heterocycles. The molecule has 1 nitrogen and oxygen atoms in total. The quantitative estimate of drug-likeness (QED) is 0.813. The Morgan fingerprint density at radius 1 is 1.00 bits per heavy atom. The molecule has 0 heterocycles. The third-order valence-electron chi connectivity index (χ3n) is 3.11. The van der Waals surface area contributed by atoms with Gasteiger partial charge in [-0.3, -0.25) is 0 Å². The largest absolute Gasteiger partial charge is 0.317 e. The summed E-state index contributed by atoms with van der Waals surface area (Å²) in [5, 5.41) is 0. The van der Waals surface area contributed by atoms with E-state index in [-0.39, 0.29) is 5.82 Å². The summed E-state index contributed by atoms with van der Waals surface area (Å²) in [4.78, 5) is 0. The lowest BCUT2D eigenvalue weighted by atomic mass is 9.81. The van der Waals surface area contributed by atoms with Gasteiger partial charge >= 0.3 is 0 Å². The highest BCUT2D eigenvalue weighted by molar-refractivity contribution is 5.38. The molecule has 0 aliphatic rings. The van der Waals surface area contributed by atoms with E-state index in [9.17, 15) is 4.39 Å². The van der Waals surface area contributed by atoms with E-state index in [0.29, 0.717) is 6.42 Å². The summed E-state index contributed by atoms with van der Waals surface area (Å²) < 4.78 is 13.0. The predicted octanol–water partition coefficient (Wildman–Crippen LogP) is 3.60. The fourth-order valence-electron chi connectivity index (χ4n) is 2.11. The van der Waals surface area contributed by atoms with E-state index < -0.39 is 5.54 Å². The molecule has 18 heavy (non-hydrogen) atoms. The Labute approximate surface area is 107 Å². The molecule has 2 heteroatoms. The topological polar surface area (TPSA) is 26.0 Å². The number of hydrogen-bond acceptors (Lipinski definition) is 1. The molecule has 2 aromatic rings. The first-order valence-electron chi connectivity index (χ1n) is 5.88. The van der Waals surface area contributed by atoms with Gasteiger partial charge < -0.3 is 5.73 Å². The highest BCUT2D eigenvalue weighted by atomic mass is 19.1. The smallest absolute Gasteiger partial charge is 0.123 e. The molecule has 0 saturated carbocycles. The van der Waals surface area contributed by atoms with E-state index in [1.165, 1.54) is 12.1 Å². The first kappa shape index (κ1) is 12.5. The van der Waals surface area contributed by atoms with Crippen LogP contribution in [0, 0.1) is 5.82 Å². The van der Waals surface area contributed by atoms with E-state index in [0.717, 1.165) is 11.1 Å². The standard InChI is InChI=1S/C16H16FN/c1-2-12-16(18,13-6-4-3-5-7-13)14-8-10-15(17)11-9-14/h2-11H,1,12,18H2/t16-/m0/s1. The molecule has 1 atom stereocenters. The summed E-state index contributed by atoms with van der Waals surface area (Å²) in [5.41, 5.74) is 7.73. The second kappa shape index (κ2) is 5.15. The van der Waals surface area contributed by atoms with Crippen LogP contribution in [-0.2, 0) is 5.54 Å². The molecular weight excluding hydrogens is 225 g/mol. The minimum atomic E-state index is -0.656. The summed E-state index contributed by atoms with van der Waals surface area (Å²) in [7, 11) is 0. The fourth-order valence-corrected chi connectivity index (χ4v) is 2.11. The van der Waals surface area contributed by atoms with E-state index in [2.05, 4.69) is 6.58 Å². The van der Waals surface area contributed by atoms with Gasteiger partial charge in [-0.25, -0.2) is 4.39 Å². The van der Waals surface area contributed by atoms with Crippen LogP contribution in [0.1, 0.15) is 17.5 Å². The molecular formula is C16H16FN. The molecule has 0 fully saturated rings. The third kappa shape index (κ3) is 2.34. The highest BCUT2D eigenvalue weighted by Gasteiger charge is 2.27. The Hall–Kier alpha value is -1.93. The van der Waals surface area contributed by atoms with E-state index in [1.807, 2.05) is 30.3 Å². The van der Waals surface area contributed by atoms with Crippen LogP contribution in [0.25, 0.3) is 0 Å². The second-order valence-electron chi connectivity index (χ2n) is 4.34. The first-order valence-corrected chi connectivity index (χ1v) is 5.88. The molecule has 2 rings (SSSR count). The van der Waals surface area contributed by atoms with Gasteiger partial charge in [0.1, 0.15) is 5.82 Å². The zero-order chi connectivity index (χ0) is 13.0. The molecule has 92 valence electrons. The van der Waals surface area contributed by atoms with Gasteiger partial charge in [-0.1, -0.05) is 48.5 Å². The van der Waals surface area contributed by atoms with Gasteiger partial charge in [0.15, 0.2) is 0 Å². The number of halogens is 1. The Morgan fingerprint density at radius 2 is 1.56 bits per heavy atom. The zero-order valence-electron chi connectivity index (χ0n) is 10.1. The number of rotatable bonds is 4. The average molecular weight is 241 g/mol. The van der Waals surface area contributed by atoms with Crippen molar-refractivity contribution in [2.45, 2.75) is 12.0 Å². The highest BCUT2D eigenvalue weighted by Crippen LogP contribution is 2.30. The van der Waals surface area contributed by atoms with Crippen LogP contribution in [0.15, 0.2) is 67.3 Å². The maximum atomic E-state index is 13.0. The molecule has 0 unspecified atom stereocenters. The number of nitrogens with two attached hydrogens (primary N) is 1. The van der Waals surface area contributed by atoms with Crippen LogP contribution in [0.4, 0.5) is 4.39 Å². The van der Waals surface area contributed by atoms with E-state index in [4.69, 9.17) is 5.73 Å². The van der Waals surface area contributed by atoms with Crippen molar-refractivity contribution < 1.29 is 4.39 Å². The van der Waals surface area contributed by atoms with Gasteiger partial charge in [-0.05, 0) is 29.7 Å². The molecule has 0 aliphatic heterocycles. The monoisotopic (exact) mass is 241 g/mol. The van der Waals surface area contributed by atoms with E-state index >= 15 is 0 Å². The van der Waals surface area contributed by atoms with Crippen LogP contribution in [0.3, 0.4) is 0 Å². The molecule has 2 N–H and O–H groups in total. The summed E-state index contributed by atoms with van der Waals surface area (Å²) in [5.74, 6) is -0.257. The number of benzene rings is 2. The summed E-state index contributed by atoms with van der Waals surface area (Å²) in [6, 6.07) is 16.1. The molecule has 2 aromatic carbocycles. The van der Waals surface area contributed by atoms with Crippen LogP contribution < -0.4 is 5.73 Å². The van der Waals surface area contributed by atoms with Crippen LogP contribution in [0.5, 0.6) is 0 Å². The normalized spacial score (nSPS) is 13.9. The lowest BCUT2D eigenvalue weighted by Gasteiger charge is -2.29. The van der Waals surface area contributed by atoms with Crippen molar-refractivity contribution in [3.63, 3.8) is 0 Å². The molecule has 0 amide bonds. The molecule has 0 radical (unpaired) electrons. The summed E-state index contributed by atoms with van der Waals surface area (Å²) in [6.07, 6.45) is 2.39. The number of hydrogen-bond donors (Lipinski definition) is 1. The Morgan fingerprint density at radius 3 is 2.11 bits per heavy atom. The Bertz CT molecular complexity index is 519. The summed E-state index contributed by atoms with van der Waals surface area (Å²) >= 11 is 0. The molecule has 0 spiro atoms. The van der Waals surface area contributed by atoms with Crippen LogP contribution >= 0.6 is 0 Å². The van der Waals surface area contributed by atoms with Crippen LogP contribution in [-0.4, -0.2) is 0 Å². The van der Waals surface area contributed by atoms with Gasteiger partial charge in [0, 0.05) is 0 Å². The van der Waals surface area contributed by atoms with E-state index in [1.54, 1.807) is 18.2 Å². The SMILES string of the molecule is C=CC[C@](N)(c1ccccc1)c1ccc(F)cc1. The van der Waals surface area contributed by atoms with Gasteiger partial charge in [-0.2, -0.15) is 0 Å². The molecule has 0 bridgehead atoms. The maximum absolute atomic E-state index is 13.0. The second-order valence-corrected chi connectivity index (χ2v) is 4.34. The van der Waals surface area contributed by atoms with Crippen molar-refractivity contribution in [1.29, 1.82) is 0 Å². The lowest BCUT2D eigenvalue weighted by Crippen LogP contribution is -2.37. The fraction of sp³-hybridized carbons (Fsp3) is 0.125. The average Bonchev–Trinajstić information content (AvgIpc) is 2.40. The van der Waals surface area contributed by atoms with Crippen molar-refractivity contribution >= 4 is 0 Å². The lowest BCUT2D eigenvalue weighted by molar-refractivity contribution is 0.544. The third-order valence-corrected chi connectivity index (χ3v) is 3.11. The Balaban J connectivity index is 2.50. The van der Waals surface area contributed by atoms with Crippen molar-refractivity contribution in [1.82, 2.24) is 0 Å². The van der Waals surface area contributed by atoms with Gasteiger partial charge in [0.2, 0.25) is 0 Å².